The Morgan fingerprint density at radius 2 is 2.39 bits per heavy atom. The van der Waals surface area contributed by atoms with Crippen LogP contribution in [0.1, 0.15) is 19.8 Å². The van der Waals surface area contributed by atoms with Crippen LogP contribution in [0, 0.1) is 0 Å². The van der Waals surface area contributed by atoms with Gasteiger partial charge in [0, 0.05) is 23.6 Å². The first-order chi connectivity index (χ1) is 8.55. The van der Waals surface area contributed by atoms with Crippen LogP contribution in [0.3, 0.4) is 0 Å². The lowest BCUT2D eigenvalue weighted by molar-refractivity contribution is 0.286. The van der Waals surface area contributed by atoms with E-state index in [1.807, 2.05) is 6.92 Å². The zero-order valence-corrected chi connectivity index (χ0v) is 13.4. The fourth-order valence-electron chi connectivity index (χ4n) is 2.20. The molecule has 0 aliphatic carbocycles. The lowest BCUT2D eigenvalue weighted by Gasteiger charge is -2.32. The van der Waals surface area contributed by atoms with Gasteiger partial charge in [0.25, 0.3) is 10.0 Å². The molecule has 18 heavy (non-hydrogen) atoms. The molecule has 1 saturated heterocycles. The minimum atomic E-state index is -3.34. The first-order valence-electron chi connectivity index (χ1n) is 6.02. The molecular weight excluding hydrogens is 336 g/mol. The van der Waals surface area contributed by atoms with Crippen molar-refractivity contribution in [2.24, 2.45) is 0 Å². The van der Waals surface area contributed by atoms with Crippen LogP contribution < -0.4 is 5.32 Å². The molecule has 1 N–H and O–H groups in total. The van der Waals surface area contributed by atoms with Gasteiger partial charge in [-0.15, -0.1) is 11.3 Å². The van der Waals surface area contributed by atoms with E-state index in [-0.39, 0.29) is 6.04 Å². The zero-order chi connectivity index (χ0) is 13.2. The quantitative estimate of drug-likeness (QED) is 0.904. The summed E-state index contributed by atoms with van der Waals surface area (Å²) in [5.41, 5.74) is 0. The molecule has 0 bridgehead atoms. The molecule has 4 nitrogen and oxygen atoms in total. The molecule has 0 radical (unpaired) electrons. The van der Waals surface area contributed by atoms with E-state index < -0.39 is 10.0 Å². The summed E-state index contributed by atoms with van der Waals surface area (Å²) in [7, 11) is -3.34. The Labute approximate surface area is 121 Å². The van der Waals surface area contributed by atoms with Crippen LogP contribution in [0.5, 0.6) is 0 Å². The van der Waals surface area contributed by atoms with Gasteiger partial charge in [-0.2, -0.15) is 4.31 Å². The minimum Gasteiger partial charge on any atom is -0.313 e. The van der Waals surface area contributed by atoms with E-state index in [0.717, 1.165) is 19.4 Å². The number of likely N-dealkylation sites (N-methyl/N-ethyl adjacent to an activating group) is 1. The summed E-state index contributed by atoms with van der Waals surface area (Å²) in [6, 6.07) is 2.06. The largest absolute Gasteiger partial charge is 0.313 e. The third kappa shape index (κ3) is 2.96. The van der Waals surface area contributed by atoms with Gasteiger partial charge >= 0.3 is 0 Å². The van der Waals surface area contributed by atoms with Crippen molar-refractivity contribution >= 4 is 37.3 Å². The number of thiophene rings is 1. The van der Waals surface area contributed by atoms with Gasteiger partial charge in [-0.3, -0.25) is 0 Å². The summed E-state index contributed by atoms with van der Waals surface area (Å²) in [5.74, 6) is 0. The topological polar surface area (TPSA) is 49.4 Å². The van der Waals surface area contributed by atoms with E-state index in [4.69, 9.17) is 0 Å². The molecule has 0 aromatic carbocycles. The molecule has 1 aliphatic heterocycles. The van der Waals surface area contributed by atoms with Crippen LogP contribution >= 0.6 is 27.3 Å². The summed E-state index contributed by atoms with van der Waals surface area (Å²) >= 11 is 4.57. The second kappa shape index (κ2) is 6.00. The summed E-state index contributed by atoms with van der Waals surface area (Å²) in [6.07, 6.45) is 1.96. The van der Waals surface area contributed by atoms with Crippen molar-refractivity contribution in [1.29, 1.82) is 0 Å². The van der Waals surface area contributed by atoms with E-state index >= 15 is 0 Å². The monoisotopic (exact) mass is 352 g/mol. The van der Waals surface area contributed by atoms with Crippen molar-refractivity contribution < 1.29 is 8.42 Å². The zero-order valence-electron chi connectivity index (χ0n) is 10.2. The Morgan fingerprint density at radius 3 is 3.00 bits per heavy atom. The molecule has 0 amide bonds. The highest BCUT2D eigenvalue weighted by atomic mass is 79.9. The Balaban J connectivity index is 2.18. The van der Waals surface area contributed by atoms with E-state index in [1.165, 1.54) is 11.3 Å². The van der Waals surface area contributed by atoms with Crippen molar-refractivity contribution in [2.75, 3.05) is 19.6 Å². The SMILES string of the molecule is CCNC1CCCN(S(=O)(=O)c2sccc2Br)C1. The van der Waals surface area contributed by atoms with Gasteiger partial charge < -0.3 is 5.32 Å². The second-order valence-electron chi connectivity index (χ2n) is 4.32. The first kappa shape index (κ1) is 14.5. The molecule has 1 aromatic heterocycles. The maximum Gasteiger partial charge on any atom is 0.253 e. The van der Waals surface area contributed by atoms with Gasteiger partial charge in [-0.25, -0.2) is 8.42 Å². The van der Waals surface area contributed by atoms with Crippen LogP contribution in [-0.2, 0) is 10.0 Å². The summed E-state index contributed by atoms with van der Waals surface area (Å²) in [6.45, 7) is 4.11. The van der Waals surface area contributed by atoms with Gasteiger partial charge in [-0.1, -0.05) is 6.92 Å². The molecule has 2 rings (SSSR count). The fraction of sp³-hybridized carbons (Fsp3) is 0.636. The van der Waals surface area contributed by atoms with Crippen LogP contribution in [0.15, 0.2) is 20.1 Å². The van der Waals surface area contributed by atoms with Crippen LogP contribution in [-0.4, -0.2) is 38.4 Å². The number of nitrogens with zero attached hydrogens (tertiary/aromatic N) is 1. The van der Waals surface area contributed by atoms with E-state index in [0.29, 0.717) is 21.8 Å². The van der Waals surface area contributed by atoms with E-state index in [9.17, 15) is 8.42 Å². The molecule has 1 atom stereocenters. The van der Waals surface area contributed by atoms with Crippen molar-refractivity contribution in [2.45, 2.75) is 30.0 Å². The highest BCUT2D eigenvalue weighted by Crippen LogP contribution is 2.31. The standard InChI is InChI=1S/C11H17BrN2O2S2/c1-2-13-9-4-3-6-14(8-9)18(15,16)11-10(12)5-7-17-11/h5,7,9,13H,2-4,6,8H2,1H3. The third-order valence-corrected chi connectivity index (χ3v) is 7.55. The van der Waals surface area contributed by atoms with E-state index in [2.05, 4.69) is 21.2 Å². The number of nitrogens with one attached hydrogen (secondary N) is 1. The normalized spacial score (nSPS) is 22.2. The maximum atomic E-state index is 12.5. The van der Waals surface area contributed by atoms with Gasteiger partial charge in [0.2, 0.25) is 0 Å². The van der Waals surface area contributed by atoms with Crippen molar-refractivity contribution in [3.63, 3.8) is 0 Å². The van der Waals surface area contributed by atoms with Crippen LogP contribution in [0.2, 0.25) is 0 Å². The molecule has 0 saturated carbocycles. The number of sulfonamides is 1. The number of halogens is 1. The van der Waals surface area contributed by atoms with Crippen LogP contribution in [0.4, 0.5) is 0 Å². The van der Waals surface area contributed by atoms with Crippen molar-refractivity contribution in [3.05, 3.63) is 15.9 Å². The molecule has 1 aromatic rings. The molecular formula is C11H17BrN2O2S2. The lowest BCUT2D eigenvalue weighted by Crippen LogP contribution is -2.47. The summed E-state index contributed by atoms with van der Waals surface area (Å²) < 4.78 is 27.7. The molecule has 0 spiro atoms. The second-order valence-corrected chi connectivity index (χ2v) is 8.22. The Kier molecular flexibility index (Phi) is 4.82. The van der Waals surface area contributed by atoms with E-state index in [1.54, 1.807) is 15.8 Å². The molecule has 102 valence electrons. The maximum absolute atomic E-state index is 12.5. The van der Waals surface area contributed by atoms with Crippen molar-refractivity contribution in [1.82, 2.24) is 9.62 Å². The average Bonchev–Trinajstić information content (AvgIpc) is 2.77. The smallest absolute Gasteiger partial charge is 0.253 e. The number of rotatable bonds is 4. The Hall–Kier alpha value is 0.0500. The van der Waals surface area contributed by atoms with Gasteiger partial charge in [0.15, 0.2) is 0 Å². The highest BCUT2D eigenvalue weighted by Gasteiger charge is 2.31. The lowest BCUT2D eigenvalue weighted by atomic mass is 10.1. The number of hydrogen-bond donors (Lipinski definition) is 1. The predicted molar refractivity (Wildman–Crippen MR) is 77.5 cm³/mol. The van der Waals surface area contributed by atoms with Gasteiger partial charge in [0.05, 0.1) is 0 Å². The predicted octanol–water partition coefficient (Wildman–Crippen LogP) is 2.27. The van der Waals surface area contributed by atoms with Crippen LogP contribution in [0.25, 0.3) is 0 Å². The number of piperidine rings is 1. The highest BCUT2D eigenvalue weighted by molar-refractivity contribution is 9.10. The first-order valence-corrected chi connectivity index (χ1v) is 9.13. The minimum absolute atomic E-state index is 0.275. The Morgan fingerprint density at radius 1 is 1.61 bits per heavy atom. The molecule has 1 aliphatic rings. The third-order valence-electron chi connectivity index (χ3n) is 3.04. The molecule has 1 fully saturated rings. The Bertz CT molecular complexity index is 499. The fourth-order valence-corrected chi connectivity index (χ4v) is 6.17. The van der Waals surface area contributed by atoms with Gasteiger partial charge in [0.1, 0.15) is 4.21 Å². The average molecular weight is 353 g/mol. The number of hydrogen-bond acceptors (Lipinski definition) is 4. The molecule has 1 unspecified atom stereocenters. The van der Waals surface area contributed by atoms with Gasteiger partial charge in [-0.05, 0) is 46.8 Å². The van der Waals surface area contributed by atoms with Crippen molar-refractivity contribution in [3.8, 4) is 0 Å². The summed E-state index contributed by atoms with van der Waals surface area (Å²) in [4.78, 5) is 0. The molecule has 2 heterocycles. The molecule has 7 heteroatoms. The summed E-state index contributed by atoms with van der Waals surface area (Å²) in [5, 5.41) is 5.13.